The van der Waals surface area contributed by atoms with Crippen LogP contribution in [-0.4, -0.2) is 19.3 Å². The van der Waals surface area contributed by atoms with Gasteiger partial charge in [0.2, 0.25) is 10.0 Å². The van der Waals surface area contributed by atoms with E-state index in [1.54, 1.807) is 12.1 Å². The molecule has 3 nitrogen and oxygen atoms in total. The van der Waals surface area contributed by atoms with Gasteiger partial charge in [-0.15, -0.1) is 0 Å². The summed E-state index contributed by atoms with van der Waals surface area (Å²) >= 11 is 0. The zero-order valence-corrected chi connectivity index (χ0v) is 12.6. The standard InChI is InChI=1S/C16H15F2NO2S/c17-13-8-6-12(7-9-13)16-5-2-10-19(16)22(20,21)15-4-1-3-14(18)11-15/h1,3-4,6-9,11,16H,2,5,10H2/t16-/m0/s1. The largest absolute Gasteiger partial charge is 0.243 e. The summed E-state index contributed by atoms with van der Waals surface area (Å²) in [6.45, 7) is 0.376. The van der Waals surface area contributed by atoms with Crippen LogP contribution in [0.15, 0.2) is 53.4 Å². The summed E-state index contributed by atoms with van der Waals surface area (Å²) in [6.07, 6.45) is 1.39. The van der Waals surface area contributed by atoms with Crippen molar-refractivity contribution in [1.82, 2.24) is 4.31 Å². The van der Waals surface area contributed by atoms with E-state index >= 15 is 0 Å². The fourth-order valence-electron chi connectivity index (χ4n) is 2.81. The third-order valence-corrected chi connectivity index (χ3v) is 5.77. The Morgan fingerprint density at radius 3 is 2.41 bits per heavy atom. The number of halogens is 2. The van der Waals surface area contributed by atoms with Gasteiger partial charge in [0.15, 0.2) is 0 Å². The molecule has 0 aliphatic carbocycles. The summed E-state index contributed by atoms with van der Waals surface area (Å²) in [4.78, 5) is -0.0542. The van der Waals surface area contributed by atoms with Gasteiger partial charge in [-0.2, -0.15) is 4.31 Å². The smallest absolute Gasteiger partial charge is 0.207 e. The lowest BCUT2D eigenvalue weighted by Gasteiger charge is -2.24. The van der Waals surface area contributed by atoms with Crippen molar-refractivity contribution in [2.24, 2.45) is 0 Å². The Kier molecular flexibility index (Phi) is 3.97. The van der Waals surface area contributed by atoms with Gasteiger partial charge in [-0.25, -0.2) is 17.2 Å². The van der Waals surface area contributed by atoms with Crippen molar-refractivity contribution in [3.8, 4) is 0 Å². The van der Waals surface area contributed by atoms with Gasteiger partial charge in [-0.1, -0.05) is 18.2 Å². The number of sulfonamides is 1. The van der Waals surface area contributed by atoms with Crippen molar-refractivity contribution in [2.45, 2.75) is 23.8 Å². The molecular formula is C16H15F2NO2S. The van der Waals surface area contributed by atoms with Gasteiger partial charge in [0.25, 0.3) is 0 Å². The molecule has 0 N–H and O–H groups in total. The average molecular weight is 323 g/mol. The second kappa shape index (κ2) is 5.78. The Balaban J connectivity index is 1.97. The van der Waals surface area contributed by atoms with E-state index in [2.05, 4.69) is 0 Å². The first-order chi connectivity index (χ1) is 10.5. The molecule has 1 saturated heterocycles. The van der Waals surface area contributed by atoms with Crippen LogP contribution >= 0.6 is 0 Å². The minimum absolute atomic E-state index is 0.0542. The second-order valence-corrected chi connectivity index (χ2v) is 7.17. The average Bonchev–Trinajstić information content (AvgIpc) is 2.98. The van der Waals surface area contributed by atoms with Crippen LogP contribution in [0.4, 0.5) is 8.78 Å². The van der Waals surface area contributed by atoms with Gasteiger partial charge in [0, 0.05) is 6.54 Å². The number of nitrogens with zero attached hydrogens (tertiary/aromatic N) is 1. The molecule has 2 aromatic carbocycles. The van der Waals surface area contributed by atoms with Gasteiger partial charge < -0.3 is 0 Å². The minimum Gasteiger partial charge on any atom is -0.207 e. The van der Waals surface area contributed by atoms with E-state index in [1.807, 2.05) is 0 Å². The van der Waals surface area contributed by atoms with E-state index in [4.69, 9.17) is 0 Å². The zero-order valence-electron chi connectivity index (χ0n) is 11.7. The number of hydrogen-bond donors (Lipinski definition) is 0. The lowest BCUT2D eigenvalue weighted by atomic mass is 10.1. The fourth-order valence-corrected chi connectivity index (χ4v) is 4.52. The maximum absolute atomic E-state index is 13.3. The third-order valence-electron chi connectivity index (χ3n) is 3.86. The fraction of sp³-hybridized carbons (Fsp3) is 0.250. The van der Waals surface area contributed by atoms with Crippen LogP contribution < -0.4 is 0 Å². The van der Waals surface area contributed by atoms with Crippen LogP contribution in [0.2, 0.25) is 0 Å². The minimum atomic E-state index is -3.77. The van der Waals surface area contributed by atoms with Crippen LogP contribution in [0.5, 0.6) is 0 Å². The van der Waals surface area contributed by atoms with Crippen LogP contribution in [0.3, 0.4) is 0 Å². The van der Waals surface area contributed by atoms with E-state index in [1.165, 1.54) is 34.6 Å². The second-order valence-electron chi connectivity index (χ2n) is 5.28. The number of hydrogen-bond acceptors (Lipinski definition) is 2. The summed E-state index contributed by atoms with van der Waals surface area (Å²) in [5.41, 5.74) is 0.749. The zero-order chi connectivity index (χ0) is 15.7. The Hall–Kier alpha value is -1.79. The van der Waals surface area contributed by atoms with Crippen LogP contribution in [0.1, 0.15) is 24.4 Å². The predicted octanol–water partition coefficient (Wildman–Crippen LogP) is 3.49. The first-order valence-electron chi connectivity index (χ1n) is 7.01. The van der Waals surface area contributed by atoms with Gasteiger partial charge in [0.1, 0.15) is 11.6 Å². The van der Waals surface area contributed by atoms with E-state index in [0.717, 1.165) is 18.1 Å². The van der Waals surface area contributed by atoms with Crippen LogP contribution in [-0.2, 0) is 10.0 Å². The molecule has 0 bridgehead atoms. The molecule has 116 valence electrons. The van der Waals surface area contributed by atoms with Crippen molar-refractivity contribution < 1.29 is 17.2 Å². The van der Waals surface area contributed by atoms with E-state index in [0.29, 0.717) is 13.0 Å². The summed E-state index contributed by atoms with van der Waals surface area (Å²) in [7, 11) is -3.77. The van der Waals surface area contributed by atoms with Crippen molar-refractivity contribution in [3.63, 3.8) is 0 Å². The third kappa shape index (κ3) is 2.76. The highest BCUT2D eigenvalue weighted by Gasteiger charge is 2.36. The number of rotatable bonds is 3. The Labute approximate surface area is 128 Å². The summed E-state index contributed by atoms with van der Waals surface area (Å²) < 4.78 is 53.2. The van der Waals surface area contributed by atoms with Crippen molar-refractivity contribution in [3.05, 3.63) is 65.7 Å². The summed E-state index contributed by atoms with van der Waals surface area (Å²) in [5.74, 6) is -0.945. The molecule has 0 saturated carbocycles. The quantitative estimate of drug-likeness (QED) is 0.867. The van der Waals surface area contributed by atoms with Gasteiger partial charge in [-0.05, 0) is 48.7 Å². The molecule has 0 spiro atoms. The molecular weight excluding hydrogens is 308 g/mol. The van der Waals surface area contributed by atoms with Gasteiger partial charge >= 0.3 is 0 Å². The predicted molar refractivity (Wildman–Crippen MR) is 78.7 cm³/mol. The molecule has 1 heterocycles. The van der Waals surface area contributed by atoms with E-state index < -0.39 is 15.8 Å². The highest BCUT2D eigenvalue weighted by Crippen LogP contribution is 2.36. The SMILES string of the molecule is O=S(=O)(c1cccc(F)c1)N1CCC[C@H]1c1ccc(F)cc1. The highest BCUT2D eigenvalue weighted by atomic mass is 32.2. The maximum Gasteiger partial charge on any atom is 0.243 e. The van der Waals surface area contributed by atoms with Gasteiger partial charge in [0.05, 0.1) is 10.9 Å². The Morgan fingerprint density at radius 1 is 1.00 bits per heavy atom. The molecule has 2 aromatic rings. The molecule has 22 heavy (non-hydrogen) atoms. The monoisotopic (exact) mass is 323 g/mol. The molecule has 0 unspecified atom stereocenters. The van der Waals surface area contributed by atoms with Crippen molar-refractivity contribution in [2.75, 3.05) is 6.54 Å². The lowest BCUT2D eigenvalue weighted by molar-refractivity contribution is 0.396. The first kappa shape index (κ1) is 15.1. The summed E-state index contributed by atoms with van der Waals surface area (Å²) in [6, 6.07) is 10.5. The normalized spacial score (nSPS) is 19.5. The van der Waals surface area contributed by atoms with Crippen LogP contribution in [0.25, 0.3) is 0 Å². The molecule has 0 amide bonds. The molecule has 1 aliphatic rings. The molecule has 3 rings (SSSR count). The van der Waals surface area contributed by atoms with Crippen molar-refractivity contribution >= 4 is 10.0 Å². The molecule has 0 aromatic heterocycles. The molecule has 1 aliphatic heterocycles. The molecule has 0 radical (unpaired) electrons. The highest BCUT2D eigenvalue weighted by molar-refractivity contribution is 7.89. The van der Waals surface area contributed by atoms with Gasteiger partial charge in [-0.3, -0.25) is 0 Å². The molecule has 1 fully saturated rings. The number of benzene rings is 2. The molecule has 1 atom stereocenters. The topological polar surface area (TPSA) is 37.4 Å². The molecule has 6 heteroatoms. The summed E-state index contributed by atoms with van der Waals surface area (Å²) in [5, 5.41) is 0. The van der Waals surface area contributed by atoms with Crippen LogP contribution in [0, 0.1) is 11.6 Å². The Bertz CT molecular complexity index is 775. The van der Waals surface area contributed by atoms with E-state index in [-0.39, 0.29) is 16.8 Å². The van der Waals surface area contributed by atoms with Crippen molar-refractivity contribution in [1.29, 1.82) is 0 Å². The lowest BCUT2D eigenvalue weighted by Crippen LogP contribution is -2.30. The Morgan fingerprint density at radius 2 is 1.73 bits per heavy atom. The maximum atomic E-state index is 13.3. The first-order valence-corrected chi connectivity index (χ1v) is 8.45. The van der Waals surface area contributed by atoms with E-state index in [9.17, 15) is 17.2 Å².